The number of hydrogen-bond donors (Lipinski definition) is 3. The van der Waals surface area contributed by atoms with Crippen LogP contribution in [0, 0.1) is 17.2 Å². The molecule has 3 N–H and O–H groups in total. The molecule has 1 saturated carbocycles. The molecule has 2 fully saturated rings. The van der Waals surface area contributed by atoms with Crippen LogP contribution in [-0.2, 0) is 4.79 Å². The van der Waals surface area contributed by atoms with E-state index >= 15 is 0 Å². The number of allylic oxidation sites excluding steroid dienone is 9. The third-order valence-corrected chi connectivity index (χ3v) is 7.98. The van der Waals surface area contributed by atoms with Crippen molar-refractivity contribution in [3.8, 4) is 0 Å². The molecule has 0 radical (unpaired) electrons. The number of amides is 1. The lowest BCUT2D eigenvalue weighted by Gasteiger charge is -2.37. The van der Waals surface area contributed by atoms with Crippen LogP contribution in [0.5, 0.6) is 0 Å². The fourth-order valence-corrected chi connectivity index (χ4v) is 5.84. The Morgan fingerprint density at radius 2 is 1.87 bits per heavy atom. The molecule has 2 heterocycles. The van der Waals surface area contributed by atoms with Gasteiger partial charge in [0.1, 0.15) is 0 Å². The van der Waals surface area contributed by atoms with E-state index in [9.17, 15) is 4.79 Å². The van der Waals surface area contributed by atoms with Crippen LogP contribution in [0.25, 0.3) is 0 Å². The maximum Gasteiger partial charge on any atom is 0.230 e. The van der Waals surface area contributed by atoms with Crippen molar-refractivity contribution in [3.05, 3.63) is 70.8 Å². The average molecular weight is 532 g/mol. The minimum absolute atomic E-state index is 0.173. The maximum atomic E-state index is 13.3. The first-order valence-corrected chi connectivity index (χ1v) is 14.6. The number of nitrogens with zero attached hydrogens (tertiary/aromatic N) is 2. The summed E-state index contributed by atoms with van der Waals surface area (Å²) in [4.78, 5) is 19.9. The van der Waals surface area contributed by atoms with Crippen LogP contribution < -0.4 is 10.6 Å². The monoisotopic (exact) mass is 531 g/mol. The zero-order chi connectivity index (χ0) is 28.5. The van der Waals surface area contributed by atoms with Crippen LogP contribution in [0.2, 0.25) is 0 Å². The quantitative estimate of drug-likeness (QED) is 0.196. The average Bonchev–Trinajstić information content (AvgIpc) is 3.73. The summed E-state index contributed by atoms with van der Waals surface area (Å²) in [5.74, 6) is 1.07. The first-order chi connectivity index (χ1) is 18.7. The molecule has 3 aliphatic rings. The number of hydrogen-bond acceptors (Lipinski definition) is 5. The SMILES string of the molecule is C=CC(/C(C=N)=C/NCC1CCNCC1)=C(/C/C(C)=C/C(C)=N\C(=C)C)C1=C(C)N(C(=O)C2CC2)[C@@H](C)CC1. The van der Waals surface area contributed by atoms with Gasteiger partial charge < -0.3 is 20.9 Å². The predicted octanol–water partition coefficient (Wildman–Crippen LogP) is 6.62. The molecule has 3 rings (SSSR count). The molecular weight excluding hydrogens is 482 g/mol. The highest BCUT2D eigenvalue weighted by atomic mass is 16.2. The van der Waals surface area contributed by atoms with Crippen molar-refractivity contribution in [2.24, 2.45) is 16.8 Å². The van der Waals surface area contributed by atoms with E-state index in [1.54, 1.807) is 0 Å². The Hall–Kier alpha value is -2.99. The molecule has 0 unspecified atom stereocenters. The summed E-state index contributed by atoms with van der Waals surface area (Å²) >= 11 is 0. The van der Waals surface area contributed by atoms with E-state index in [1.165, 1.54) is 24.6 Å². The summed E-state index contributed by atoms with van der Waals surface area (Å²) < 4.78 is 0. The van der Waals surface area contributed by atoms with Gasteiger partial charge in [0.15, 0.2) is 0 Å². The second-order valence-electron chi connectivity index (χ2n) is 11.5. The molecular formula is C33H49N5O. The molecule has 1 aliphatic carbocycles. The lowest BCUT2D eigenvalue weighted by molar-refractivity contribution is -0.132. The van der Waals surface area contributed by atoms with Crippen molar-refractivity contribution < 1.29 is 4.79 Å². The van der Waals surface area contributed by atoms with Gasteiger partial charge in [-0.25, -0.2) is 0 Å². The van der Waals surface area contributed by atoms with Gasteiger partial charge in [0.2, 0.25) is 5.91 Å². The Balaban J connectivity index is 2.05. The van der Waals surface area contributed by atoms with E-state index in [1.807, 2.05) is 31.0 Å². The van der Waals surface area contributed by atoms with Gasteiger partial charge in [-0.2, -0.15) is 0 Å². The lowest BCUT2D eigenvalue weighted by atomic mass is 9.84. The van der Waals surface area contributed by atoms with E-state index in [0.29, 0.717) is 12.3 Å². The minimum Gasteiger partial charge on any atom is -0.390 e. The molecule has 1 saturated heterocycles. The van der Waals surface area contributed by atoms with Gasteiger partial charge >= 0.3 is 0 Å². The molecule has 6 nitrogen and oxygen atoms in total. The van der Waals surface area contributed by atoms with E-state index in [0.717, 1.165) is 84.7 Å². The van der Waals surface area contributed by atoms with Crippen LogP contribution in [0.3, 0.4) is 0 Å². The van der Waals surface area contributed by atoms with E-state index < -0.39 is 0 Å². The van der Waals surface area contributed by atoms with Crippen LogP contribution in [0.15, 0.2) is 75.8 Å². The Kier molecular flexibility index (Phi) is 11.3. The van der Waals surface area contributed by atoms with E-state index in [-0.39, 0.29) is 17.9 Å². The minimum atomic E-state index is 0.173. The Labute approximate surface area is 236 Å². The van der Waals surface area contributed by atoms with Crippen molar-refractivity contribution in [2.45, 2.75) is 85.6 Å². The molecule has 6 heteroatoms. The summed E-state index contributed by atoms with van der Waals surface area (Å²) in [6.07, 6.45) is 14.2. The van der Waals surface area contributed by atoms with Gasteiger partial charge in [0.25, 0.3) is 0 Å². The molecule has 212 valence electrons. The van der Waals surface area contributed by atoms with Crippen LogP contribution in [-0.4, -0.2) is 48.4 Å². The second kappa shape index (κ2) is 14.4. The molecule has 0 spiro atoms. The smallest absolute Gasteiger partial charge is 0.230 e. The van der Waals surface area contributed by atoms with Crippen molar-refractivity contribution in [1.29, 1.82) is 5.41 Å². The van der Waals surface area contributed by atoms with Crippen molar-refractivity contribution in [3.63, 3.8) is 0 Å². The maximum absolute atomic E-state index is 13.3. The fourth-order valence-electron chi connectivity index (χ4n) is 5.84. The van der Waals surface area contributed by atoms with Crippen molar-refractivity contribution in [2.75, 3.05) is 19.6 Å². The van der Waals surface area contributed by atoms with E-state index in [2.05, 4.69) is 55.6 Å². The van der Waals surface area contributed by atoms with Crippen LogP contribution >= 0.6 is 0 Å². The topological polar surface area (TPSA) is 80.6 Å². The molecule has 1 amide bonds. The fraction of sp³-hybridized carbons (Fsp3) is 0.545. The number of carbonyl (C=O) groups excluding carboxylic acids is 1. The first-order valence-electron chi connectivity index (χ1n) is 14.6. The van der Waals surface area contributed by atoms with Gasteiger partial charge in [-0.3, -0.25) is 9.79 Å². The summed E-state index contributed by atoms with van der Waals surface area (Å²) in [6, 6.07) is 0.196. The molecule has 0 aromatic rings. The highest BCUT2D eigenvalue weighted by Crippen LogP contribution is 2.40. The summed E-state index contributed by atoms with van der Waals surface area (Å²) in [5, 5.41) is 15.2. The summed E-state index contributed by atoms with van der Waals surface area (Å²) in [6.45, 7) is 21.4. The number of carbonyl (C=O) groups is 1. The van der Waals surface area contributed by atoms with Crippen molar-refractivity contribution >= 4 is 17.8 Å². The van der Waals surface area contributed by atoms with Gasteiger partial charge in [0, 0.05) is 53.6 Å². The highest BCUT2D eigenvalue weighted by Gasteiger charge is 2.38. The molecule has 2 aliphatic heterocycles. The van der Waals surface area contributed by atoms with Crippen LogP contribution in [0.1, 0.15) is 79.6 Å². The lowest BCUT2D eigenvalue weighted by Crippen LogP contribution is -2.41. The molecule has 1 atom stereocenters. The van der Waals surface area contributed by atoms with Gasteiger partial charge in [0.05, 0.1) is 0 Å². The Bertz CT molecular complexity index is 1110. The normalized spacial score (nSPS) is 22.4. The zero-order valence-corrected chi connectivity index (χ0v) is 24.8. The van der Waals surface area contributed by atoms with Gasteiger partial charge in [-0.05, 0) is 121 Å². The molecule has 0 aromatic heterocycles. The number of rotatable bonds is 12. The number of nitrogens with one attached hydrogen (secondary N) is 3. The Morgan fingerprint density at radius 3 is 2.46 bits per heavy atom. The van der Waals surface area contributed by atoms with Gasteiger partial charge in [-0.15, -0.1) is 0 Å². The molecule has 0 bridgehead atoms. The number of piperidine rings is 1. The second-order valence-corrected chi connectivity index (χ2v) is 11.5. The third-order valence-electron chi connectivity index (χ3n) is 7.98. The largest absolute Gasteiger partial charge is 0.390 e. The summed E-state index contributed by atoms with van der Waals surface area (Å²) in [7, 11) is 0. The molecule has 0 aromatic carbocycles. The van der Waals surface area contributed by atoms with E-state index in [4.69, 9.17) is 5.41 Å². The standard InChI is InChI=1S/C33H49N5O/c1-8-30(29(19-34)21-36-20-27-13-15-35-16-14-27)32(18-23(4)17-24(5)37-22(2)3)31-12-9-25(6)38(26(31)7)33(39)28-10-11-28/h8,17,19,21,25,27-28,34-36H,1-2,9-16,18,20H2,3-7H3/b23-17+,29-21+,32-30+,34-19?,37-24-/t25-/m0/s1. The molecule has 39 heavy (non-hydrogen) atoms. The summed E-state index contributed by atoms with van der Waals surface area (Å²) in [5.41, 5.74) is 8.01. The highest BCUT2D eigenvalue weighted by molar-refractivity contribution is 5.94. The predicted molar refractivity (Wildman–Crippen MR) is 165 cm³/mol. The Morgan fingerprint density at radius 1 is 1.18 bits per heavy atom. The first kappa shape index (κ1) is 30.6. The number of aliphatic imine (C=N–C) groups is 1. The van der Waals surface area contributed by atoms with Gasteiger partial charge in [-0.1, -0.05) is 24.8 Å². The third kappa shape index (κ3) is 8.50. The van der Waals surface area contributed by atoms with Crippen LogP contribution in [0.4, 0.5) is 0 Å². The van der Waals surface area contributed by atoms with Crippen molar-refractivity contribution in [1.82, 2.24) is 15.5 Å². The zero-order valence-electron chi connectivity index (χ0n) is 24.8.